The second-order valence-corrected chi connectivity index (χ2v) is 6.24. The smallest absolute Gasteiger partial charge is 0.244 e. The zero-order valence-corrected chi connectivity index (χ0v) is 11.4. The SMILES string of the molecule is COc1ccccc1S(=O)(=O)NCC1(O)CCOC1. The zero-order valence-electron chi connectivity index (χ0n) is 10.6. The van der Waals surface area contributed by atoms with Crippen LogP contribution in [-0.2, 0) is 14.8 Å². The van der Waals surface area contributed by atoms with E-state index in [2.05, 4.69) is 4.72 Å². The van der Waals surface area contributed by atoms with Crippen molar-refractivity contribution in [2.75, 3.05) is 26.9 Å². The Hall–Kier alpha value is -1.15. The molecule has 1 aromatic carbocycles. The summed E-state index contributed by atoms with van der Waals surface area (Å²) in [6.07, 6.45) is 0.418. The van der Waals surface area contributed by atoms with Crippen molar-refractivity contribution in [3.63, 3.8) is 0 Å². The quantitative estimate of drug-likeness (QED) is 0.804. The van der Waals surface area contributed by atoms with Crippen LogP contribution in [0.25, 0.3) is 0 Å². The molecule has 0 aromatic heterocycles. The Kier molecular flexibility index (Phi) is 4.10. The summed E-state index contributed by atoms with van der Waals surface area (Å²) < 4.78 is 36.8. The Labute approximate surface area is 112 Å². The Bertz CT molecular complexity index is 537. The molecule has 0 saturated carbocycles. The van der Waals surface area contributed by atoms with Gasteiger partial charge in [0, 0.05) is 19.6 Å². The van der Waals surface area contributed by atoms with Crippen LogP contribution >= 0.6 is 0 Å². The molecule has 2 N–H and O–H groups in total. The van der Waals surface area contributed by atoms with Gasteiger partial charge in [0.05, 0.1) is 13.7 Å². The molecule has 0 radical (unpaired) electrons. The van der Waals surface area contributed by atoms with Crippen molar-refractivity contribution in [3.05, 3.63) is 24.3 Å². The Morgan fingerprint density at radius 2 is 2.21 bits per heavy atom. The average Bonchev–Trinajstić information content (AvgIpc) is 2.84. The van der Waals surface area contributed by atoms with Crippen molar-refractivity contribution in [2.24, 2.45) is 0 Å². The molecule has 19 heavy (non-hydrogen) atoms. The second kappa shape index (κ2) is 5.46. The van der Waals surface area contributed by atoms with Crippen LogP contribution in [-0.4, -0.2) is 46.0 Å². The molecule has 0 aliphatic carbocycles. The maximum atomic E-state index is 12.2. The molecule has 7 heteroatoms. The highest BCUT2D eigenvalue weighted by molar-refractivity contribution is 7.89. The highest BCUT2D eigenvalue weighted by Crippen LogP contribution is 2.23. The number of aliphatic hydroxyl groups is 1. The van der Waals surface area contributed by atoms with Crippen molar-refractivity contribution < 1.29 is 23.0 Å². The minimum Gasteiger partial charge on any atom is -0.495 e. The normalized spacial score (nSPS) is 23.5. The second-order valence-electron chi connectivity index (χ2n) is 4.50. The minimum atomic E-state index is -3.72. The molecule has 1 heterocycles. The van der Waals surface area contributed by atoms with E-state index in [4.69, 9.17) is 9.47 Å². The molecule has 6 nitrogen and oxygen atoms in total. The number of rotatable bonds is 5. The number of para-hydroxylation sites is 1. The van der Waals surface area contributed by atoms with E-state index >= 15 is 0 Å². The van der Waals surface area contributed by atoms with Gasteiger partial charge >= 0.3 is 0 Å². The van der Waals surface area contributed by atoms with Gasteiger partial charge in [-0.15, -0.1) is 0 Å². The van der Waals surface area contributed by atoms with Crippen LogP contribution < -0.4 is 9.46 Å². The third-order valence-corrected chi connectivity index (χ3v) is 4.47. The number of sulfonamides is 1. The lowest BCUT2D eigenvalue weighted by Crippen LogP contribution is -2.43. The summed E-state index contributed by atoms with van der Waals surface area (Å²) in [6, 6.07) is 6.33. The highest BCUT2D eigenvalue weighted by atomic mass is 32.2. The van der Waals surface area contributed by atoms with Gasteiger partial charge < -0.3 is 14.6 Å². The van der Waals surface area contributed by atoms with Crippen LogP contribution in [0.5, 0.6) is 5.75 Å². The largest absolute Gasteiger partial charge is 0.495 e. The Balaban J connectivity index is 2.14. The number of hydrogen-bond acceptors (Lipinski definition) is 5. The molecule has 1 aliphatic rings. The van der Waals surface area contributed by atoms with E-state index in [1.54, 1.807) is 18.2 Å². The zero-order chi connectivity index (χ0) is 13.9. The molecule has 106 valence electrons. The summed E-state index contributed by atoms with van der Waals surface area (Å²) in [6.45, 7) is 0.502. The predicted octanol–water partition coefficient (Wildman–Crippen LogP) is 0.125. The molecule has 0 amide bonds. The standard InChI is InChI=1S/C12H17NO5S/c1-17-10-4-2-3-5-11(10)19(15,16)13-8-12(14)6-7-18-9-12/h2-5,13-14H,6-9H2,1H3. The van der Waals surface area contributed by atoms with E-state index in [1.807, 2.05) is 0 Å². The van der Waals surface area contributed by atoms with Crippen LogP contribution in [0.2, 0.25) is 0 Å². The molecule has 0 bridgehead atoms. The minimum absolute atomic E-state index is 0.0556. The molecule has 0 spiro atoms. The molecule has 1 atom stereocenters. The van der Waals surface area contributed by atoms with E-state index in [0.29, 0.717) is 13.0 Å². The maximum Gasteiger partial charge on any atom is 0.244 e. The lowest BCUT2D eigenvalue weighted by atomic mass is 10.1. The molecule has 1 fully saturated rings. The molecule has 1 unspecified atom stereocenters. The first kappa shape index (κ1) is 14.3. The van der Waals surface area contributed by atoms with Crippen molar-refractivity contribution in [1.29, 1.82) is 0 Å². The molecule has 1 aliphatic heterocycles. The van der Waals surface area contributed by atoms with Gasteiger partial charge in [-0.25, -0.2) is 13.1 Å². The highest BCUT2D eigenvalue weighted by Gasteiger charge is 2.34. The summed E-state index contributed by atoms with van der Waals surface area (Å²) in [5, 5.41) is 10.0. The first-order valence-corrected chi connectivity index (χ1v) is 7.38. The van der Waals surface area contributed by atoms with Gasteiger partial charge in [-0.1, -0.05) is 12.1 Å². The summed E-state index contributed by atoms with van der Waals surface area (Å²) >= 11 is 0. The predicted molar refractivity (Wildman–Crippen MR) is 68.6 cm³/mol. The third-order valence-electron chi connectivity index (χ3n) is 3.03. The maximum absolute atomic E-state index is 12.2. The van der Waals surface area contributed by atoms with Crippen LogP contribution in [0, 0.1) is 0 Å². The summed E-state index contributed by atoms with van der Waals surface area (Å²) in [5.41, 5.74) is -1.13. The molecule has 1 aromatic rings. The molecule has 2 rings (SSSR count). The van der Waals surface area contributed by atoms with Crippen molar-refractivity contribution in [3.8, 4) is 5.75 Å². The first-order valence-electron chi connectivity index (χ1n) is 5.90. The summed E-state index contributed by atoms with van der Waals surface area (Å²) in [5.74, 6) is 0.268. The lowest BCUT2D eigenvalue weighted by molar-refractivity contribution is 0.0314. The van der Waals surface area contributed by atoms with E-state index in [9.17, 15) is 13.5 Å². The van der Waals surface area contributed by atoms with Gasteiger partial charge in [0.25, 0.3) is 0 Å². The number of ether oxygens (including phenoxy) is 2. The number of methoxy groups -OCH3 is 1. The van der Waals surface area contributed by atoms with Gasteiger partial charge in [0.1, 0.15) is 16.2 Å². The van der Waals surface area contributed by atoms with Gasteiger partial charge in [0.15, 0.2) is 0 Å². The van der Waals surface area contributed by atoms with E-state index in [-0.39, 0.29) is 23.8 Å². The number of nitrogens with one attached hydrogen (secondary N) is 1. The fourth-order valence-electron chi connectivity index (χ4n) is 1.88. The van der Waals surface area contributed by atoms with E-state index in [1.165, 1.54) is 13.2 Å². The summed E-state index contributed by atoms with van der Waals surface area (Å²) in [4.78, 5) is 0.0556. The van der Waals surface area contributed by atoms with Gasteiger partial charge in [-0.2, -0.15) is 0 Å². The lowest BCUT2D eigenvalue weighted by Gasteiger charge is -2.21. The van der Waals surface area contributed by atoms with Crippen molar-refractivity contribution in [2.45, 2.75) is 16.9 Å². The fraction of sp³-hybridized carbons (Fsp3) is 0.500. The van der Waals surface area contributed by atoms with Crippen LogP contribution in [0.4, 0.5) is 0 Å². The molecular formula is C12H17NO5S. The van der Waals surface area contributed by atoms with E-state index < -0.39 is 15.6 Å². The van der Waals surface area contributed by atoms with Crippen LogP contribution in [0.1, 0.15) is 6.42 Å². The fourth-order valence-corrected chi connectivity index (χ4v) is 3.17. The van der Waals surface area contributed by atoms with Crippen LogP contribution in [0.3, 0.4) is 0 Å². The molecule has 1 saturated heterocycles. The Morgan fingerprint density at radius 1 is 1.47 bits per heavy atom. The van der Waals surface area contributed by atoms with Crippen molar-refractivity contribution in [1.82, 2.24) is 4.72 Å². The third kappa shape index (κ3) is 3.24. The van der Waals surface area contributed by atoms with Crippen molar-refractivity contribution >= 4 is 10.0 Å². The monoisotopic (exact) mass is 287 g/mol. The van der Waals surface area contributed by atoms with Crippen LogP contribution in [0.15, 0.2) is 29.2 Å². The molecular weight excluding hydrogens is 270 g/mol. The van der Waals surface area contributed by atoms with Gasteiger partial charge in [-0.3, -0.25) is 0 Å². The van der Waals surface area contributed by atoms with E-state index in [0.717, 1.165) is 0 Å². The topological polar surface area (TPSA) is 84.9 Å². The Morgan fingerprint density at radius 3 is 2.84 bits per heavy atom. The average molecular weight is 287 g/mol. The van der Waals surface area contributed by atoms with Gasteiger partial charge in [0.2, 0.25) is 10.0 Å². The summed E-state index contributed by atoms with van der Waals surface area (Å²) in [7, 11) is -2.31. The number of benzene rings is 1. The van der Waals surface area contributed by atoms with Gasteiger partial charge in [-0.05, 0) is 12.1 Å². The first-order chi connectivity index (χ1) is 8.97. The number of hydrogen-bond donors (Lipinski definition) is 2.